The van der Waals surface area contributed by atoms with Gasteiger partial charge in [0.15, 0.2) is 0 Å². The minimum absolute atomic E-state index is 0.303. The Labute approximate surface area is 165 Å². The molecule has 0 saturated heterocycles. The summed E-state index contributed by atoms with van der Waals surface area (Å²) in [5.41, 5.74) is 4.13. The highest BCUT2D eigenvalue weighted by atomic mass is 16.5. The van der Waals surface area contributed by atoms with Crippen molar-refractivity contribution >= 4 is 11.9 Å². The van der Waals surface area contributed by atoms with Crippen molar-refractivity contribution in [2.75, 3.05) is 6.61 Å². The van der Waals surface area contributed by atoms with E-state index >= 15 is 0 Å². The lowest BCUT2D eigenvalue weighted by Crippen LogP contribution is -2.29. The van der Waals surface area contributed by atoms with Crippen LogP contribution < -0.4 is 16.0 Å². The molecule has 0 spiro atoms. The van der Waals surface area contributed by atoms with Crippen molar-refractivity contribution < 1.29 is 19.4 Å². The number of pyridine rings is 1. The number of hydrogen-bond donors (Lipinski definition) is 3. The largest absolute Gasteiger partial charge is 0.493 e. The van der Waals surface area contributed by atoms with Gasteiger partial charge in [0.2, 0.25) is 0 Å². The molecule has 1 amide bonds. The van der Waals surface area contributed by atoms with E-state index in [1.54, 1.807) is 26.0 Å². The summed E-state index contributed by atoms with van der Waals surface area (Å²) in [7, 11) is 0. The lowest BCUT2D eigenvalue weighted by Gasteiger charge is -2.19. The Morgan fingerprint density at radius 3 is 2.39 bits per heavy atom. The number of nitrogens with one attached hydrogen (secondary N) is 1. The Morgan fingerprint density at radius 2 is 1.82 bits per heavy atom. The average Bonchev–Trinajstić information content (AvgIpc) is 2.68. The van der Waals surface area contributed by atoms with Gasteiger partial charge in [-0.1, -0.05) is 12.1 Å². The number of aromatic nitrogens is 1. The first-order valence-electron chi connectivity index (χ1n) is 9.02. The zero-order valence-corrected chi connectivity index (χ0v) is 16.9. The Hall–Kier alpha value is -2.93. The maximum atomic E-state index is 10.9. The standard InChI is InChI=1S/C15H22O3.C6H7N3O/c1-11-6-7-12(2)13(10-11)18-9-5-8-15(3,4)14(16)17;7-9-6(10)5-1-3-8-4-2-5/h6-7,10H,5,8-9H2,1-4H3,(H,16,17);1-4H,7H2,(H,9,10). The quantitative estimate of drug-likeness (QED) is 0.291. The smallest absolute Gasteiger partial charge is 0.309 e. The van der Waals surface area contributed by atoms with Crippen LogP contribution in [0.5, 0.6) is 5.75 Å². The molecule has 4 N–H and O–H groups in total. The van der Waals surface area contributed by atoms with Crippen molar-refractivity contribution in [2.24, 2.45) is 11.3 Å². The summed E-state index contributed by atoms with van der Waals surface area (Å²) in [4.78, 5) is 25.4. The lowest BCUT2D eigenvalue weighted by molar-refractivity contribution is -0.147. The molecular weight excluding hydrogens is 358 g/mol. The number of hydrogen-bond acceptors (Lipinski definition) is 5. The molecule has 7 nitrogen and oxygen atoms in total. The van der Waals surface area contributed by atoms with E-state index in [0.29, 0.717) is 18.6 Å². The van der Waals surface area contributed by atoms with E-state index in [9.17, 15) is 9.59 Å². The average molecular weight is 387 g/mol. The maximum Gasteiger partial charge on any atom is 0.309 e. The van der Waals surface area contributed by atoms with Gasteiger partial charge in [-0.25, -0.2) is 5.84 Å². The number of aryl methyl sites for hydroxylation is 2. The number of carboxylic acids is 1. The number of nitrogen functional groups attached to an aromatic ring is 1. The van der Waals surface area contributed by atoms with Gasteiger partial charge >= 0.3 is 5.97 Å². The van der Waals surface area contributed by atoms with Crippen molar-refractivity contribution in [3.63, 3.8) is 0 Å². The van der Waals surface area contributed by atoms with E-state index in [0.717, 1.165) is 17.7 Å². The fourth-order valence-electron chi connectivity index (χ4n) is 2.25. The van der Waals surface area contributed by atoms with Gasteiger partial charge in [0, 0.05) is 18.0 Å². The van der Waals surface area contributed by atoms with Crippen LogP contribution in [0.2, 0.25) is 0 Å². The van der Waals surface area contributed by atoms with Gasteiger partial charge < -0.3 is 9.84 Å². The number of carbonyl (C=O) groups is 2. The molecule has 0 unspecified atom stereocenters. The molecular formula is C21H29N3O4. The Balaban J connectivity index is 0.000000330. The van der Waals surface area contributed by atoms with Gasteiger partial charge in [0.05, 0.1) is 12.0 Å². The number of ether oxygens (including phenoxy) is 1. The zero-order valence-electron chi connectivity index (χ0n) is 16.9. The van der Waals surface area contributed by atoms with Gasteiger partial charge in [-0.15, -0.1) is 0 Å². The van der Waals surface area contributed by atoms with Crippen LogP contribution in [-0.4, -0.2) is 28.6 Å². The van der Waals surface area contributed by atoms with Crippen LogP contribution in [0.15, 0.2) is 42.7 Å². The highest BCUT2D eigenvalue weighted by Crippen LogP contribution is 2.24. The zero-order chi connectivity index (χ0) is 21.2. The molecule has 0 bridgehead atoms. The third kappa shape index (κ3) is 7.75. The van der Waals surface area contributed by atoms with Crippen LogP contribution in [-0.2, 0) is 4.79 Å². The Morgan fingerprint density at radius 1 is 1.18 bits per heavy atom. The van der Waals surface area contributed by atoms with E-state index in [2.05, 4.69) is 11.1 Å². The molecule has 0 aliphatic heterocycles. The SMILES string of the molecule is Cc1ccc(C)c(OCCCC(C)(C)C(=O)O)c1.NNC(=O)c1ccncc1. The monoisotopic (exact) mass is 387 g/mol. The molecule has 28 heavy (non-hydrogen) atoms. The number of carboxylic acid groups (broad SMARTS) is 1. The highest BCUT2D eigenvalue weighted by molar-refractivity contribution is 5.93. The Kier molecular flexibility index (Phi) is 9.11. The minimum atomic E-state index is -0.755. The second kappa shape index (κ2) is 11.0. The molecule has 1 aromatic heterocycles. The number of benzene rings is 1. The number of aliphatic carboxylic acids is 1. The first kappa shape index (κ1) is 23.1. The summed E-state index contributed by atoms with van der Waals surface area (Å²) >= 11 is 0. The molecule has 0 fully saturated rings. The van der Waals surface area contributed by atoms with E-state index in [1.807, 2.05) is 31.4 Å². The predicted molar refractivity (Wildman–Crippen MR) is 108 cm³/mol. The van der Waals surface area contributed by atoms with E-state index in [-0.39, 0.29) is 5.91 Å². The van der Waals surface area contributed by atoms with Crippen LogP contribution in [0, 0.1) is 19.3 Å². The summed E-state index contributed by atoms with van der Waals surface area (Å²) < 4.78 is 5.70. The van der Waals surface area contributed by atoms with Gasteiger partial charge in [-0.05, 0) is 69.9 Å². The van der Waals surface area contributed by atoms with E-state index in [1.165, 1.54) is 18.0 Å². The molecule has 0 aliphatic rings. The summed E-state index contributed by atoms with van der Waals surface area (Å²) in [6, 6.07) is 9.27. The summed E-state index contributed by atoms with van der Waals surface area (Å²) in [6.07, 6.45) is 4.43. The summed E-state index contributed by atoms with van der Waals surface area (Å²) in [5, 5.41) is 9.00. The van der Waals surface area contributed by atoms with Crippen molar-refractivity contribution in [2.45, 2.75) is 40.5 Å². The number of nitrogens with two attached hydrogens (primary N) is 1. The molecule has 2 aromatic rings. The maximum absolute atomic E-state index is 10.9. The van der Waals surface area contributed by atoms with Crippen molar-refractivity contribution in [3.8, 4) is 5.75 Å². The normalized spacial score (nSPS) is 10.5. The van der Waals surface area contributed by atoms with E-state index < -0.39 is 11.4 Å². The fraction of sp³-hybridized carbons (Fsp3) is 0.381. The molecule has 7 heteroatoms. The number of rotatable bonds is 7. The second-order valence-electron chi connectivity index (χ2n) is 7.12. The topological polar surface area (TPSA) is 115 Å². The molecule has 1 heterocycles. The summed E-state index contributed by atoms with van der Waals surface area (Å²) in [5.74, 6) is 4.72. The molecule has 2 rings (SSSR count). The number of amides is 1. The van der Waals surface area contributed by atoms with Crippen LogP contribution in [0.1, 0.15) is 48.2 Å². The lowest BCUT2D eigenvalue weighted by atomic mass is 9.88. The Bertz CT molecular complexity index is 776. The number of carbonyl (C=O) groups excluding carboxylic acids is 1. The molecule has 0 aliphatic carbocycles. The van der Waals surface area contributed by atoms with Crippen LogP contribution in [0.4, 0.5) is 0 Å². The first-order valence-corrected chi connectivity index (χ1v) is 9.02. The third-order valence-corrected chi connectivity index (χ3v) is 4.20. The number of hydrazine groups is 1. The third-order valence-electron chi connectivity index (χ3n) is 4.20. The van der Waals surface area contributed by atoms with Crippen LogP contribution in [0.25, 0.3) is 0 Å². The second-order valence-corrected chi connectivity index (χ2v) is 7.12. The molecule has 0 saturated carbocycles. The minimum Gasteiger partial charge on any atom is -0.493 e. The van der Waals surface area contributed by atoms with Gasteiger partial charge in [0.1, 0.15) is 5.75 Å². The van der Waals surface area contributed by atoms with Crippen LogP contribution >= 0.6 is 0 Å². The van der Waals surface area contributed by atoms with Crippen molar-refractivity contribution in [1.82, 2.24) is 10.4 Å². The fourth-order valence-corrected chi connectivity index (χ4v) is 2.25. The molecule has 152 valence electrons. The molecule has 0 radical (unpaired) electrons. The predicted octanol–water partition coefficient (Wildman–Crippen LogP) is 3.26. The summed E-state index contributed by atoms with van der Waals surface area (Å²) in [6.45, 7) is 8.08. The van der Waals surface area contributed by atoms with E-state index in [4.69, 9.17) is 15.7 Å². The van der Waals surface area contributed by atoms with Crippen LogP contribution in [0.3, 0.4) is 0 Å². The highest BCUT2D eigenvalue weighted by Gasteiger charge is 2.26. The van der Waals surface area contributed by atoms with Gasteiger partial charge in [-0.3, -0.25) is 20.0 Å². The number of nitrogens with zero attached hydrogens (tertiary/aromatic N) is 1. The first-order chi connectivity index (χ1) is 13.2. The van der Waals surface area contributed by atoms with Crippen molar-refractivity contribution in [3.05, 3.63) is 59.4 Å². The van der Waals surface area contributed by atoms with Gasteiger partial charge in [0.25, 0.3) is 5.91 Å². The van der Waals surface area contributed by atoms with Gasteiger partial charge in [-0.2, -0.15) is 0 Å². The molecule has 0 atom stereocenters. The van der Waals surface area contributed by atoms with Crippen molar-refractivity contribution in [1.29, 1.82) is 0 Å². The molecule has 1 aromatic carbocycles.